The summed E-state index contributed by atoms with van der Waals surface area (Å²) in [7, 11) is 1.44. The molecule has 0 aliphatic carbocycles. The Hall–Kier alpha value is -1.99. The Morgan fingerprint density at radius 2 is 2.15 bits per heavy atom. The van der Waals surface area contributed by atoms with E-state index >= 15 is 0 Å². The van der Waals surface area contributed by atoms with Gasteiger partial charge >= 0.3 is 5.97 Å². The molecule has 7 nitrogen and oxygen atoms in total. The molecular weight excluding hydrogens is 268 g/mol. The number of aliphatic hydroxyl groups excluding tert-OH is 2. The van der Waals surface area contributed by atoms with Crippen LogP contribution >= 0.6 is 0 Å². The van der Waals surface area contributed by atoms with E-state index in [0.29, 0.717) is 17.2 Å². The second-order valence-electron chi connectivity index (χ2n) is 4.10. The van der Waals surface area contributed by atoms with Crippen LogP contribution in [0.25, 0.3) is 0 Å². The average molecular weight is 284 g/mol. The highest BCUT2D eigenvalue weighted by atomic mass is 16.7. The predicted molar refractivity (Wildman–Crippen MR) is 66.7 cm³/mol. The molecule has 0 bridgehead atoms. The maximum absolute atomic E-state index is 11.4. The summed E-state index contributed by atoms with van der Waals surface area (Å²) in [5.41, 5.74) is 0.270. The monoisotopic (exact) mass is 284 g/mol. The topological polar surface area (TPSA) is 94.5 Å². The van der Waals surface area contributed by atoms with Gasteiger partial charge in [0.25, 0.3) is 0 Å². The number of aliphatic hydroxyl groups is 2. The van der Waals surface area contributed by atoms with Crippen LogP contribution in [0.5, 0.6) is 17.2 Å². The number of rotatable bonds is 5. The Labute approximate surface area is 115 Å². The zero-order valence-electron chi connectivity index (χ0n) is 11.2. The number of benzene rings is 1. The first-order chi connectivity index (χ1) is 9.58. The van der Waals surface area contributed by atoms with E-state index < -0.39 is 18.2 Å². The highest BCUT2D eigenvalue weighted by molar-refractivity contribution is 5.75. The Kier molecular flexibility index (Phi) is 4.31. The van der Waals surface area contributed by atoms with E-state index in [0.717, 1.165) is 0 Å². The highest BCUT2D eigenvalue weighted by Crippen LogP contribution is 2.43. The Bertz CT molecular complexity index is 500. The van der Waals surface area contributed by atoms with Crippen LogP contribution in [0.15, 0.2) is 12.1 Å². The number of carbonyl (C=O) groups excluding carboxylic acids is 1. The molecule has 0 radical (unpaired) electrons. The first-order valence-electron chi connectivity index (χ1n) is 6.08. The van der Waals surface area contributed by atoms with E-state index in [4.69, 9.17) is 14.2 Å². The minimum absolute atomic E-state index is 0.0473. The number of hydrogen-bond acceptors (Lipinski definition) is 7. The SMILES string of the molecule is CCOC(=O)C(O)C(O)c1cc(OC)c2c(c1)OCO2. The molecule has 0 amide bonds. The predicted octanol–water partition coefficient (Wildman–Crippen LogP) is 0.381. The van der Waals surface area contributed by atoms with Crippen molar-refractivity contribution in [2.75, 3.05) is 20.5 Å². The zero-order chi connectivity index (χ0) is 14.7. The van der Waals surface area contributed by atoms with E-state index in [1.807, 2.05) is 0 Å². The highest BCUT2D eigenvalue weighted by Gasteiger charge is 2.30. The van der Waals surface area contributed by atoms with Crippen molar-refractivity contribution in [1.29, 1.82) is 0 Å². The molecule has 110 valence electrons. The minimum atomic E-state index is -1.68. The zero-order valence-corrected chi connectivity index (χ0v) is 11.2. The number of methoxy groups -OCH3 is 1. The lowest BCUT2D eigenvalue weighted by Gasteiger charge is -2.18. The lowest BCUT2D eigenvalue weighted by atomic mass is 10.0. The van der Waals surface area contributed by atoms with Gasteiger partial charge in [-0.1, -0.05) is 0 Å². The fraction of sp³-hybridized carbons (Fsp3) is 0.462. The molecule has 0 fully saturated rings. The van der Waals surface area contributed by atoms with Crippen LogP contribution in [-0.2, 0) is 9.53 Å². The molecule has 1 aromatic carbocycles. The van der Waals surface area contributed by atoms with Crippen molar-refractivity contribution in [2.45, 2.75) is 19.1 Å². The second kappa shape index (κ2) is 5.98. The first-order valence-corrected chi connectivity index (χ1v) is 6.08. The van der Waals surface area contributed by atoms with Gasteiger partial charge in [-0.05, 0) is 24.6 Å². The van der Waals surface area contributed by atoms with E-state index in [-0.39, 0.29) is 19.0 Å². The van der Waals surface area contributed by atoms with Gasteiger partial charge in [0.05, 0.1) is 13.7 Å². The first kappa shape index (κ1) is 14.4. The molecular formula is C13H16O7. The molecule has 1 aliphatic heterocycles. The number of esters is 1. The number of ether oxygens (including phenoxy) is 4. The van der Waals surface area contributed by atoms with Crippen molar-refractivity contribution in [3.8, 4) is 17.2 Å². The van der Waals surface area contributed by atoms with Gasteiger partial charge in [-0.2, -0.15) is 0 Å². The Morgan fingerprint density at radius 3 is 2.80 bits per heavy atom. The molecule has 0 saturated heterocycles. The largest absolute Gasteiger partial charge is 0.493 e. The van der Waals surface area contributed by atoms with Gasteiger partial charge in [-0.25, -0.2) is 4.79 Å². The van der Waals surface area contributed by atoms with Crippen molar-refractivity contribution < 1.29 is 34.0 Å². The van der Waals surface area contributed by atoms with Crippen molar-refractivity contribution in [1.82, 2.24) is 0 Å². The van der Waals surface area contributed by atoms with Gasteiger partial charge in [0.2, 0.25) is 12.5 Å². The lowest BCUT2D eigenvalue weighted by molar-refractivity contribution is -0.159. The van der Waals surface area contributed by atoms with Gasteiger partial charge in [-0.3, -0.25) is 0 Å². The van der Waals surface area contributed by atoms with E-state index in [9.17, 15) is 15.0 Å². The molecule has 2 N–H and O–H groups in total. The summed E-state index contributed by atoms with van der Waals surface area (Å²) in [6.45, 7) is 1.78. The van der Waals surface area contributed by atoms with Crippen LogP contribution < -0.4 is 14.2 Å². The molecule has 2 atom stereocenters. The standard InChI is InChI=1S/C13H16O7/c1-3-18-13(16)11(15)10(14)7-4-8(17-2)12-9(5-7)19-6-20-12/h4-5,10-11,14-15H,3,6H2,1-2H3. The lowest BCUT2D eigenvalue weighted by Crippen LogP contribution is -2.29. The normalized spacial score (nSPS) is 15.6. The fourth-order valence-corrected chi connectivity index (χ4v) is 1.86. The molecule has 0 aromatic heterocycles. The van der Waals surface area contributed by atoms with Gasteiger partial charge in [0.1, 0.15) is 6.10 Å². The number of carbonyl (C=O) groups is 1. The fourth-order valence-electron chi connectivity index (χ4n) is 1.86. The number of fused-ring (bicyclic) bond motifs is 1. The third-order valence-electron chi connectivity index (χ3n) is 2.85. The van der Waals surface area contributed by atoms with Crippen molar-refractivity contribution in [3.63, 3.8) is 0 Å². The van der Waals surface area contributed by atoms with Crippen LogP contribution in [0, 0.1) is 0 Å². The van der Waals surface area contributed by atoms with Gasteiger partial charge in [-0.15, -0.1) is 0 Å². The smallest absolute Gasteiger partial charge is 0.338 e. The molecule has 0 spiro atoms. The van der Waals surface area contributed by atoms with Crippen molar-refractivity contribution in [3.05, 3.63) is 17.7 Å². The van der Waals surface area contributed by atoms with Crippen LogP contribution in [0.1, 0.15) is 18.6 Å². The summed E-state index contributed by atoms with van der Waals surface area (Å²) in [6.07, 6.45) is -3.13. The molecule has 7 heteroatoms. The summed E-state index contributed by atoms with van der Waals surface area (Å²) in [5.74, 6) is 0.269. The maximum Gasteiger partial charge on any atom is 0.338 e. The third-order valence-corrected chi connectivity index (χ3v) is 2.85. The summed E-state index contributed by atoms with van der Waals surface area (Å²) < 4.78 is 20.2. The summed E-state index contributed by atoms with van der Waals surface area (Å²) >= 11 is 0. The van der Waals surface area contributed by atoms with Crippen LogP contribution in [-0.4, -0.2) is 42.8 Å². The molecule has 1 aliphatic rings. The quantitative estimate of drug-likeness (QED) is 0.755. The molecule has 1 aromatic rings. The Morgan fingerprint density at radius 1 is 1.40 bits per heavy atom. The maximum atomic E-state index is 11.4. The van der Waals surface area contributed by atoms with Crippen LogP contribution in [0.3, 0.4) is 0 Å². The van der Waals surface area contributed by atoms with Gasteiger partial charge in [0, 0.05) is 0 Å². The summed E-state index contributed by atoms with van der Waals surface area (Å²) in [5, 5.41) is 19.8. The Balaban J connectivity index is 2.26. The van der Waals surface area contributed by atoms with Gasteiger partial charge in [0.15, 0.2) is 17.6 Å². The number of hydrogen-bond donors (Lipinski definition) is 2. The molecule has 20 heavy (non-hydrogen) atoms. The molecule has 2 rings (SSSR count). The van der Waals surface area contributed by atoms with E-state index in [2.05, 4.69) is 4.74 Å². The third kappa shape index (κ3) is 2.63. The van der Waals surface area contributed by atoms with Crippen LogP contribution in [0.2, 0.25) is 0 Å². The minimum Gasteiger partial charge on any atom is -0.493 e. The second-order valence-corrected chi connectivity index (χ2v) is 4.10. The van der Waals surface area contributed by atoms with Gasteiger partial charge < -0.3 is 29.2 Å². The summed E-state index contributed by atoms with van der Waals surface area (Å²) in [4.78, 5) is 11.4. The molecule has 1 heterocycles. The average Bonchev–Trinajstić information content (AvgIpc) is 2.93. The van der Waals surface area contributed by atoms with Crippen molar-refractivity contribution in [2.24, 2.45) is 0 Å². The van der Waals surface area contributed by atoms with E-state index in [1.165, 1.54) is 19.2 Å². The molecule has 0 saturated carbocycles. The van der Waals surface area contributed by atoms with Crippen LogP contribution in [0.4, 0.5) is 0 Å². The van der Waals surface area contributed by atoms with E-state index in [1.54, 1.807) is 6.92 Å². The molecule has 2 unspecified atom stereocenters. The van der Waals surface area contributed by atoms with Crippen molar-refractivity contribution >= 4 is 5.97 Å². The summed E-state index contributed by atoms with van der Waals surface area (Å²) in [6, 6.07) is 2.96.